The average Bonchev–Trinajstić information content (AvgIpc) is 3.07. The van der Waals surface area contributed by atoms with Crippen LogP contribution >= 0.6 is 0 Å². The van der Waals surface area contributed by atoms with Crippen LogP contribution in [0.25, 0.3) is 0 Å². The fraction of sp³-hybridized carbons (Fsp3) is 0.158. The maximum absolute atomic E-state index is 12.2. The van der Waals surface area contributed by atoms with Gasteiger partial charge in [0.1, 0.15) is 12.4 Å². The molecular formula is C19H18N2O4S. The lowest BCUT2D eigenvalue weighted by molar-refractivity contribution is 0.0458. The van der Waals surface area contributed by atoms with Crippen LogP contribution in [0.15, 0.2) is 71.9 Å². The minimum Gasteiger partial charge on any atom is -0.454 e. The van der Waals surface area contributed by atoms with Gasteiger partial charge < -0.3 is 9.30 Å². The zero-order valence-corrected chi connectivity index (χ0v) is 15.0. The summed E-state index contributed by atoms with van der Waals surface area (Å²) in [7, 11) is -3.29. The first kappa shape index (κ1) is 17.9. The molecule has 26 heavy (non-hydrogen) atoms. The van der Waals surface area contributed by atoms with E-state index in [0.717, 1.165) is 11.8 Å². The minimum absolute atomic E-state index is 0.0342. The van der Waals surface area contributed by atoms with Gasteiger partial charge in [0.2, 0.25) is 0 Å². The topological polar surface area (TPSA) is 78.3 Å². The van der Waals surface area contributed by atoms with Crippen molar-refractivity contribution in [3.8, 4) is 0 Å². The van der Waals surface area contributed by atoms with E-state index in [1.165, 1.54) is 24.3 Å². The molecule has 0 amide bonds. The van der Waals surface area contributed by atoms with Crippen LogP contribution in [0.2, 0.25) is 0 Å². The summed E-state index contributed by atoms with van der Waals surface area (Å²) in [5.74, 6) is 0.106. The van der Waals surface area contributed by atoms with Gasteiger partial charge >= 0.3 is 5.97 Å². The number of aromatic nitrogens is 2. The fourth-order valence-corrected chi connectivity index (χ4v) is 3.09. The van der Waals surface area contributed by atoms with Crippen LogP contribution in [0.1, 0.15) is 21.7 Å². The number of ether oxygens (including phenoxy) is 1. The number of hydrogen-bond donors (Lipinski definition) is 0. The highest BCUT2D eigenvalue weighted by molar-refractivity contribution is 7.90. The van der Waals surface area contributed by atoms with Crippen LogP contribution in [0.5, 0.6) is 0 Å². The number of imidazole rings is 1. The third kappa shape index (κ3) is 4.37. The van der Waals surface area contributed by atoms with E-state index in [2.05, 4.69) is 4.98 Å². The van der Waals surface area contributed by atoms with Gasteiger partial charge in [-0.05, 0) is 29.8 Å². The molecule has 7 heteroatoms. The first-order valence-corrected chi connectivity index (χ1v) is 9.84. The summed E-state index contributed by atoms with van der Waals surface area (Å²) < 4.78 is 30.1. The molecule has 1 heterocycles. The summed E-state index contributed by atoms with van der Waals surface area (Å²) in [6, 6.07) is 15.6. The van der Waals surface area contributed by atoms with E-state index in [-0.39, 0.29) is 11.5 Å². The molecule has 0 N–H and O–H groups in total. The highest BCUT2D eigenvalue weighted by Gasteiger charge is 2.12. The predicted molar refractivity (Wildman–Crippen MR) is 96.4 cm³/mol. The van der Waals surface area contributed by atoms with Crippen molar-refractivity contribution < 1.29 is 17.9 Å². The van der Waals surface area contributed by atoms with E-state index in [0.29, 0.717) is 17.9 Å². The molecule has 0 aliphatic heterocycles. The lowest BCUT2D eigenvalue weighted by atomic mass is 10.2. The first-order chi connectivity index (χ1) is 12.4. The van der Waals surface area contributed by atoms with Crippen LogP contribution in [0.3, 0.4) is 0 Å². The highest BCUT2D eigenvalue weighted by atomic mass is 32.2. The molecule has 6 nitrogen and oxygen atoms in total. The van der Waals surface area contributed by atoms with Gasteiger partial charge in [0.05, 0.1) is 10.5 Å². The molecule has 0 bridgehead atoms. The molecule has 0 unspecified atom stereocenters. The van der Waals surface area contributed by atoms with Crippen molar-refractivity contribution >= 4 is 15.8 Å². The van der Waals surface area contributed by atoms with Gasteiger partial charge in [-0.2, -0.15) is 0 Å². The SMILES string of the molecule is CS(=O)(=O)c1ccc(C(=O)OCc2nccn2Cc2ccccc2)cc1. The van der Waals surface area contributed by atoms with Gasteiger partial charge in [-0.25, -0.2) is 18.2 Å². The van der Waals surface area contributed by atoms with Gasteiger partial charge in [0.25, 0.3) is 0 Å². The smallest absolute Gasteiger partial charge is 0.338 e. The summed E-state index contributed by atoms with van der Waals surface area (Å²) in [6.45, 7) is 0.670. The summed E-state index contributed by atoms with van der Waals surface area (Å²) in [5.41, 5.74) is 1.41. The fourth-order valence-electron chi connectivity index (χ4n) is 2.46. The molecule has 134 valence electrons. The Morgan fingerprint density at radius 2 is 1.77 bits per heavy atom. The molecule has 0 fully saturated rings. The lowest BCUT2D eigenvalue weighted by Gasteiger charge is -2.09. The Morgan fingerprint density at radius 1 is 1.08 bits per heavy atom. The zero-order chi connectivity index (χ0) is 18.6. The van der Waals surface area contributed by atoms with E-state index in [9.17, 15) is 13.2 Å². The second-order valence-electron chi connectivity index (χ2n) is 5.83. The van der Waals surface area contributed by atoms with Crippen LogP contribution in [-0.2, 0) is 27.7 Å². The van der Waals surface area contributed by atoms with E-state index in [1.807, 2.05) is 41.1 Å². The Morgan fingerprint density at radius 3 is 2.42 bits per heavy atom. The predicted octanol–water partition coefficient (Wildman–Crippen LogP) is 2.69. The van der Waals surface area contributed by atoms with Crippen molar-refractivity contribution in [3.63, 3.8) is 0 Å². The Kier molecular flexibility index (Phi) is 5.18. The summed E-state index contributed by atoms with van der Waals surface area (Å²) in [6.07, 6.45) is 4.61. The lowest BCUT2D eigenvalue weighted by Crippen LogP contribution is -2.10. The second kappa shape index (κ2) is 7.53. The second-order valence-corrected chi connectivity index (χ2v) is 7.85. The number of nitrogens with zero attached hydrogens (tertiary/aromatic N) is 2. The molecule has 0 saturated heterocycles. The number of hydrogen-bond acceptors (Lipinski definition) is 5. The Balaban J connectivity index is 1.64. The van der Waals surface area contributed by atoms with Crippen LogP contribution in [0, 0.1) is 0 Å². The van der Waals surface area contributed by atoms with Gasteiger partial charge in [0.15, 0.2) is 9.84 Å². The van der Waals surface area contributed by atoms with Crippen molar-refractivity contribution in [2.45, 2.75) is 18.0 Å². The third-order valence-electron chi connectivity index (χ3n) is 3.85. The molecular weight excluding hydrogens is 352 g/mol. The molecule has 2 aromatic carbocycles. The van der Waals surface area contributed by atoms with E-state index >= 15 is 0 Å². The maximum Gasteiger partial charge on any atom is 0.338 e. The number of carbonyl (C=O) groups is 1. The number of rotatable bonds is 6. The van der Waals surface area contributed by atoms with Crippen LogP contribution < -0.4 is 0 Å². The number of sulfone groups is 1. The monoisotopic (exact) mass is 370 g/mol. The molecule has 0 spiro atoms. The third-order valence-corrected chi connectivity index (χ3v) is 4.98. The Labute approximate surface area is 152 Å². The van der Waals surface area contributed by atoms with Gasteiger partial charge in [-0.1, -0.05) is 30.3 Å². The van der Waals surface area contributed by atoms with Crippen molar-refractivity contribution in [2.24, 2.45) is 0 Å². The van der Waals surface area contributed by atoms with Gasteiger partial charge in [0, 0.05) is 25.2 Å². The summed E-state index contributed by atoms with van der Waals surface area (Å²) >= 11 is 0. The maximum atomic E-state index is 12.2. The van der Waals surface area contributed by atoms with Crippen molar-refractivity contribution in [1.29, 1.82) is 0 Å². The number of benzene rings is 2. The minimum atomic E-state index is -3.29. The summed E-state index contributed by atoms with van der Waals surface area (Å²) in [4.78, 5) is 16.6. The average molecular weight is 370 g/mol. The molecule has 0 saturated carbocycles. The van der Waals surface area contributed by atoms with Crippen LogP contribution in [0.4, 0.5) is 0 Å². The van der Waals surface area contributed by atoms with Crippen molar-refractivity contribution in [2.75, 3.05) is 6.26 Å². The first-order valence-electron chi connectivity index (χ1n) is 7.94. The normalized spacial score (nSPS) is 11.3. The number of esters is 1. The molecule has 0 aliphatic carbocycles. The highest BCUT2D eigenvalue weighted by Crippen LogP contribution is 2.12. The molecule has 3 aromatic rings. The van der Waals surface area contributed by atoms with E-state index in [1.54, 1.807) is 6.20 Å². The van der Waals surface area contributed by atoms with Gasteiger partial charge in [-0.3, -0.25) is 0 Å². The Hall–Kier alpha value is -2.93. The molecule has 0 atom stereocenters. The van der Waals surface area contributed by atoms with Crippen LogP contribution in [-0.4, -0.2) is 30.2 Å². The Bertz CT molecular complexity index is 994. The molecule has 1 aromatic heterocycles. The molecule has 0 aliphatic rings. The van der Waals surface area contributed by atoms with Crippen molar-refractivity contribution in [1.82, 2.24) is 9.55 Å². The van der Waals surface area contributed by atoms with Gasteiger partial charge in [-0.15, -0.1) is 0 Å². The standard InChI is InChI=1S/C19H18N2O4S/c1-26(23,24)17-9-7-16(8-10-17)19(22)25-14-18-20-11-12-21(18)13-15-5-3-2-4-6-15/h2-12H,13-14H2,1H3. The molecule has 0 radical (unpaired) electrons. The van der Waals surface area contributed by atoms with Crippen molar-refractivity contribution in [3.05, 3.63) is 83.9 Å². The largest absolute Gasteiger partial charge is 0.454 e. The van der Waals surface area contributed by atoms with E-state index in [4.69, 9.17) is 4.74 Å². The zero-order valence-electron chi connectivity index (χ0n) is 14.2. The summed E-state index contributed by atoms with van der Waals surface area (Å²) in [5, 5.41) is 0. The molecule has 3 rings (SSSR count). The van der Waals surface area contributed by atoms with E-state index < -0.39 is 15.8 Å². The number of carbonyl (C=O) groups excluding carboxylic acids is 1. The quantitative estimate of drug-likeness (QED) is 0.624.